The van der Waals surface area contributed by atoms with Crippen LogP contribution in [0.15, 0.2) is 57.4 Å². The Morgan fingerprint density at radius 1 is 1.12 bits per heavy atom. The summed E-state index contributed by atoms with van der Waals surface area (Å²) < 4.78 is 7.56. The Bertz CT molecular complexity index is 935. The first-order chi connectivity index (χ1) is 12.3. The molecule has 3 heterocycles. The van der Waals surface area contributed by atoms with Gasteiger partial charge in [0.2, 0.25) is 11.0 Å². The highest BCUT2D eigenvalue weighted by Gasteiger charge is 2.20. The molecule has 0 unspecified atom stereocenters. The summed E-state index contributed by atoms with van der Waals surface area (Å²) in [4.78, 5) is 0.963. The van der Waals surface area contributed by atoms with E-state index >= 15 is 0 Å². The van der Waals surface area contributed by atoms with Gasteiger partial charge in [0.05, 0.1) is 16.7 Å². The normalized spacial score (nSPS) is 12.4. The molecule has 0 aliphatic heterocycles. The molecule has 0 fully saturated rings. The molecule has 4 rings (SSSR count). The summed E-state index contributed by atoms with van der Waals surface area (Å²) >= 11 is 3.06. The third kappa shape index (κ3) is 3.62. The molecule has 0 radical (unpaired) electrons. The van der Waals surface area contributed by atoms with E-state index in [1.54, 1.807) is 16.0 Å². The van der Waals surface area contributed by atoms with Crippen LogP contribution in [0.3, 0.4) is 0 Å². The summed E-state index contributed by atoms with van der Waals surface area (Å²) in [5, 5.41) is 22.9. The third-order valence-electron chi connectivity index (χ3n) is 3.48. The Hall–Kier alpha value is -2.52. The summed E-state index contributed by atoms with van der Waals surface area (Å²) in [5.41, 5.74) is 1.14. The second-order valence-electron chi connectivity index (χ2n) is 5.29. The summed E-state index contributed by atoms with van der Waals surface area (Å²) in [6.07, 6.45) is 0. The van der Waals surface area contributed by atoms with Gasteiger partial charge in [-0.2, -0.15) is 0 Å². The van der Waals surface area contributed by atoms with E-state index in [0.717, 1.165) is 10.4 Å². The van der Waals surface area contributed by atoms with Crippen molar-refractivity contribution in [3.05, 3.63) is 59.3 Å². The predicted octanol–water partition coefficient (Wildman–Crippen LogP) is 3.69. The Labute approximate surface area is 152 Å². The Balaban J connectivity index is 1.48. The van der Waals surface area contributed by atoms with Crippen molar-refractivity contribution >= 4 is 23.1 Å². The molecule has 0 aliphatic rings. The SMILES string of the molecule is C[C@@H](Sc1nnnn1Cc1ccccc1)c1nnc(-c2cccs2)o1. The van der Waals surface area contributed by atoms with E-state index < -0.39 is 0 Å². The summed E-state index contributed by atoms with van der Waals surface area (Å²) in [6, 6.07) is 14.0. The van der Waals surface area contributed by atoms with Crippen LogP contribution in [0.1, 0.15) is 23.6 Å². The molecule has 3 aromatic heterocycles. The Morgan fingerprint density at radius 3 is 2.80 bits per heavy atom. The molecular formula is C16H14N6OS2. The van der Waals surface area contributed by atoms with Crippen LogP contribution in [0.4, 0.5) is 0 Å². The first kappa shape index (κ1) is 16.0. The summed E-state index contributed by atoms with van der Waals surface area (Å²) in [6.45, 7) is 2.62. The molecule has 0 saturated carbocycles. The minimum Gasteiger partial charge on any atom is -0.419 e. The smallest absolute Gasteiger partial charge is 0.257 e. The minimum absolute atomic E-state index is 0.0539. The highest BCUT2D eigenvalue weighted by Crippen LogP contribution is 2.34. The molecule has 9 heteroatoms. The van der Waals surface area contributed by atoms with E-state index in [9.17, 15) is 0 Å². The van der Waals surface area contributed by atoms with Gasteiger partial charge in [-0.05, 0) is 34.4 Å². The largest absolute Gasteiger partial charge is 0.419 e. The van der Waals surface area contributed by atoms with Gasteiger partial charge >= 0.3 is 0 Å². The summed E-state index contributed by atoms with van der Waals surface area (Å²) in [5.74, 6) is 1.10. The van der Waals surface area contributed by atoms with E-state index in [4.69, 9.17) is 4.42 Å². The second kappa shape index (κ2) is 7.16. The molecule has 126 valence electrons. The highest BCUT2D eigenvalue weighted by molar-refractivity contribution is 7.99. The van der Waals surface area contributed by atoms with E-state index in [0.29, 0.717) is 23.5 Å². The topological polar surface area (TPSA) is 82.5 Å². The monoisotopic (exact) mass is 370 g/mol. The fraction of sp³-hybridized carbons (Fsp3) is 0.188. The van der Waals surface area contributed by atoms with Crippen molar-refractivity contribution in [2.75, 3.05) is 0 Å². The lowest BCUT2D eigenvalue weighted by atomic mass is 10.2. The zero-order chi connectivity index (χ0) is 17.1. The number of thioether (sulfide) groups is 1. The van der Waals surface area contributed by atoms with Crippen molar-refractivity contribution in [3.8, 4) is 10.8 Å². The average molecular weight is 370 g/mol. The Kier molecular flexibility index (Phi) is 4.57. The second-order valence-corrected chi connectivity index (χ2v) is 7.54. The number of aromatic nitrogens is 6. The number of thiophene rings is 1. The van der Waals surface area contributed by atoms with E-state index in [2.05, 4.69) is 25.7 Å². The first-order valence-electron chi connectivity index (χ1n) is 7.63. The van der Waals surface area contributed by atoms with Gasteiger partial charge in [0.1, 0.15) is 0 Å². The molecule has 0 aliphatic carbocycles. The Morgan fingerprint density at radius 2 is 2.00 bits per heavy atom. The maximum Gasteiger partial charge on any atom is 0.257 e. The maximum atomic E-state index is 5.79. The molecule has 0 bridgehead atoms. The average Bonchev–Trinajstić information content (AvgIpc) is 3.38. The third-order valence-corrected chi connectivity index (χ3v) is 5.39. The zero-order valence-corrected chi connectivity index (χ0v) is 14.9. The molecule has 25 heavy (non-hydrogen) atoms. The van der Waals surface area contributed by atoms with Crippen molar-refractivity contribution < 1.29 is 4.42 Å². The van der Waals surface area contributed by atoms with Crippen LogP contribution < -0.4 is 0 Å². The van der Waals surface area contributed by atoms with Gasteiger partial charge in [-0.25, -0.2) is 4.68 Å². The molecule has 0 spiro atoms. The van der Waals surface area contributed by atoms with Crippen molar-refractivity contribution in [1.29, 1.82) is 0 Å². The minimum atomic E-state index is -0.0539. The number of nitrogens with zero attached hydrogens (tertiary/aromatic N) is 6. The number of benzene rings is 1. The van der Waals surface area contributed by atoms with Gasteiger partial charge in [0.25, 0.3) is 5.89 Å². The number of hydrogen-bond donors (Lipinski definition) is 0. The molecule has 1 atom stereocenters. The molecule has 0 N–H and O–H groups in total. The van der Waals surface area contributed by atoms with E-state index in [1.807, 2.05) is 54.8 Å². The van der Waals surface area contributed by atoms with Crippen LogP contribution in [-0.4, -0.2) is 30.4 Å². The summed E-state index contributed by atoms with van der Waals surface area (Å²) in [7, 11) is 0. The molecular weight excluding hydrogens is 356 g/mol. The fourth-order valence-corrected chi connectivity index (χ4v) is 3.71. The highest BCUT2D eigenvalue weighted by atomic mass is 32.2. The molecule has 0 amide bonds. The fourth-order valence-electron chi connectivity index (χ4n) is 2.24. The van der Waals surface area contributed by atoms with Crippen LogP contribution in [0.5, 0.6) is 0 Å². The molecule has 4 aromatic rings. The lowest BCUT2D eigenvalue weighted by molar-refractivity contribution is 0.509. The van der Waals surface area contributed by atoms with Crippen molar-refractivity contribution in [2.24, 2.45) is 0 Å². The van der Waals surface area contributed by atoms with Crippen LogP contribution >= 0.6 is 23.1 Å². The van der Waals surface area contributed by atoms with Crippen LogP contribution in [0.2, 0.25) is 0 Å². The van der Waals surface area contributed by atoms with Crippen LogP contribution in [0.25, 0.3) is 10.8 Å². The number of tetrazole rings is 1. The quantitative estimate of drug-likeness (QED) is 0.479. The van der Waals surface area contributed by atoms with E-state index in [-0.39, 0.29) is 5.25 Å². The van der Waals surface area contributed by atoms with Crippen molar-refractivity contribution in [1.82, 2.24) is 30.4 Å². The molecule has 7 nitrogen and oxygen atoms in total. The first-order valence-corrected chi connectivity index (χ1v) is 9.39. The van der Waals surface area contributed by atoms with Gasteiger partial charge in [0.15, 0.2) is 0 Å². The maximum absolute atomic E-state index is 5.79. The predicted molar refractivity (Wildman–Crippen MR) is 95.2 cm³/mol. The van der Waals surface area contributed by atoms with Gasteiger partial charge in [-0.3, -0.25) is 0 Å². The lowest BCUT2D eigenvalue weighted by Gasteiger charge is -2.07. The van der Waals surface area contributed by atoms with Crippen molar-refractivity contribution in [2.45, 2.75) is 23.9 Å². The van der Waals surface area contributed by atoms with Gasteiger partial charge in [-0.15, -0.1) is 26.6 Å². The van der Waals surface area contributed by atoms with Crippen molar-refractivity contribution in [3.63, 3.8) is 0 Å². The molecule has 0 saturated heterocycles. The van der Waals surface area contributed by atoms with Gasteiger partial charge < -0.3 is 4.42 Å². The van der Waals surface area contributed by atoms with E-state index in [1.165, 1.54) is 11.8 Å². The lowest BCUT2D eigenvalue weighted by Crippen LogP contribution is -2.04. The zero-order valence-electron chi connectivity index (χ0n) is 13.3. The van der Waals surface area contributed by atoms with Crippen LogP contribution in [-0.2, 0) is 6.54 Å². The molecule has 1 aromatic carbocycles. The number of hydrogen-bond acceptors (Lipinski definition) is 8. The van der Waals surface area contributed by atoms with Gasteiger partial charge in [0, 0.05) is 0 Å². The van der Waals surface area contributed by atoms with Crippen LogP contribution in [0, 0.1) is 0 Å². The van der Waals surface area contributed by atoms with Gasteiger partial charge in [-0.1, -0.05) is 48.2 Å². The standard InChI is InChI=1S/C16H14N6OS2/c1-11(14-17-18-15(23-14)13-8-5-9-24-13)25-16-19-20-21-22(16)10-12-6-3-2-4-7-12/h2-9,11H,10H2,1H3/t11-/m1/s1. The number of rotatable bonds is 6.